The number of carbonyl (C=O) groups is 2. The number of carbonyl (C=O) groups excluding carboxylic acids is 2. The van der Waals surface area contributed by atoms with E-state index in [1.165, 1.54) is 11.3 Å². The van der Waals surface area contributed by atoms with Crippen LogP contribution >= 0.6 is 27.3 Å². The number of Topliss-reactive ketones (excluding diaryl/α,β-unsaturated/α-hetero) is 2. The third kappa shape index (κ3) is 2.77. The first kappa shape index (κ1) is 13.1. The van der Waals surface area contributed by atoms with Crippen LogP contribution in [-0.2, 0) is 4.79 Å². The maximum Gasteiger partial charge on any atom is 0.188 e. The van der Waals surface area contributed by atoms with Crippen LogP contribution in [0.2, 0.25) is 0 Å². The van der Waals surface area contributed by atoms with Crippen molar-refractivity contribution in [3.8, 4) is 6.07 Å². The fourth-order valence-corrected chi connectivity index (χ4v) is 2.34. The van der Waals surface area contributed by atoms with E-state index < -0.39 is 11.7 Å². The minimum absolute atomic E-state index is 0.310. The first-order chi connectivity index (χ1) is 7.47. The molecule has 0 fully saturated rings. The van der Waals surface area contributed by atoms with Gasteiger partial charge in [0.2, 0.25) is 0 Å². The Kier molecular flexibility index (Phi) is 4.39. The lowest BCUT2D eigenvalue weighted by atomic mass is 9.90. The van der Waals surface area contributed by atoms with Gasteiger partial charge in [-0.1, -0.05) is 13.8 Å². The molecule has 3 nitrogen and oxygen atoms in total. The Balaban J connectivity index is 2.96. The Morgan fingerprint density at radius 3 is 2.50 bits per heavy atom. The highest BCUT2D eigenvalue weighted by Crippen LogP contribution is 2.23. The number of nitriles is 1. The second kappa shape index (κ2) is 5.37. The van der Waals surface area contributed by atoms with Gasteiger partial charge >= 0.3 is 0 Å². The summed E-state index contributed by atoms with van der Waals surface area (Å²) in [5.41, 5.74) is 0.414. The molecule has 0 bridgehead atoms. The zero-order valence-electron chi connectivity index (χ0n) is 8.86. The van der Waals surface area contributed by atoms with Crippen LogP contribution in [0, 0.1) is 23.2 Å². The molecule has 1 rings (SSSR count). The Morgan fingerprint density at radius 2 is 2.12 bits per heavy atom. The summed E-state index contributed by atoms with van der Waals surface area (Å²) in [6, 6.07) is 3.41. The smallest absolute Gasteiger partial charge is 0.188 e. The molecule has 0 aromatic carbocycles. The maximum atomic E-state index is 11.9. The van der Waals surface area contributed by atoms with Crippen molar-refractivity contribution in [3.63, 3.8) is 0 Å². The van der Waals surface area contributed by atoms with Crippen molar-refractivity contribution in [3.05, 3.63) is 20.8 Å². The summed E-state index contributed by atoms with van der Waals surface area (Å²) in [6.45, 7) is 3.37. The average Bonchev–Trinajstić information content (AvgIpc) is 2.65. The van der Waals surface area contributed by atoms with Crippen LogP contribution in [0.3, 0.4) is 0 Å². The number of ketones is 2. The molecule has 1 aromatic heterocycles. The van der Waals surface area contributed by atoms with Gasteiger partial charge in [-0.15, -0.1) is 11.3 Å². The first-order valence-corrected chi connectivity index (χ1v) is 6.36. The minimum Gasteiger partial charge on any atom is -0.297 e. The molecule has 0 N–H and O–H groups in total. The molecule has 0 aliphatic rings. The Hall–Kier alpha value is -0.990. The predicted octanol–water partition coefficient (Wildman–Crippen LogP) is 3.06. The summed E-state index contributed by atoms with van der Waals surface area (Å²) in [5.74, 6) is -2.23. The van der Waals surface area contributed by atoms with Crippen molar-refractivity contribution in [1.29, 1.82) is 5.26 Å². The van der Waals surface area contributed by atoms with E-state index in [0.717, 1.165) is 3.79 Å². The molecule has 0 saturated carbocycles. The summed E-state index contributed by atoms with van der Waals surface area (Å²) in [5, 5.41) is 10.5. The number of hydrogen-bond acceptors (Lipinski definition) is 4. The van der Waals surface area contributed by atoms with Crippen molar-refractivity contribution in [2.75, 3.05) is 0 Å². The van der Waals surface area contributed by atoms with Crippen molar-refractivity contribution in [2.24, 2.45) is 11.8 Å². The molecule has 0 aliphatic carbocycles. The number of rotatable bonds is 4. The maximum absolute atomic E-state index is 11.9. The van der Waals surface area contributed by atoms with Crippen LogP contribution < -0.4 is 0 Å². The number of halogens is 1. The van der Waals surface area contributed by atoms with Crippen molar-refractivity contribution >= 4 is 38.8 Å². The molecule has 1 heterocycles. The molecule has 0 amide bonds. The fraction of sp³-hybridized carbons (Fsp3) is 0.364. The average molecular weight is 300 g/mol. The second-order valence-corrected chi connectivity index (χ2v) is 5.91. The van der Waals surface area contributed by atoms with Crippen LogP contribution in [0.5, 0.6) is 0 Å². The highest BCUT2D eigenvalue weighted by Gasteiger charge is 2.29. The predicted molar refractivity (Wildman–Crippen MR) is 65.3 cm³/mol. The van der Waals surface area contributed by atoms with Gasteiger partial charge in [-0.05, 0) is 22.0 Å². The molecule has 0 radical (unpaired) electrons. The molecule has 1 aromatic rings. The lowest BCUT2D eigenvalue weighted by molar-refractivity contribution is -0.123. The van der Waals surface area contributed by atoms with E-state index in [-0.39, 0.29) is 11.7 Å². The fourth-order valence-electron chi connectivity index (χ4n) is 1.19. The molecule has 1 unspecified atom stereocenters. The van der Waals surface area contributed by atoms with Crippen LogP contribution in [0.4, 0.5) is 0 Å². The number of nitrogens with zero attached hydrogens (tertiary/aromatic N) is 1. The third-order valence-corrected chi connectivity index (χ3v) is 3.60. The van der Waals surface area contributed by atoms with Crippen LogP contribution in [0.15, 0.2) is 15.2 Å². The second-order valence-electron chi connectivity index (χ2n) is 3.62. The molecule has 1 atom stereocenters. The van der Waals surface area contributed by atoms with Crippen LogP contribution in [-0.4, -0.2) is 11.6 Å². The van der Waals surface area contributed by atoms with E-state index in [1.807, 2.05) is 0 Å². The lowest BCUT2D eigenvalue weighted by Crippen LogP contribution is -2.26. The van der Waals surface area contributed by atoms with E-state index in [1.54, 1.807) is 31.4 Å². The SMILES string of the molecule is CC(C)C(=O)C(C#N)C(=O)c1csc(Br)c1. The van der Waals surface area contributed by atoms with E-state index in [4.69, 9.17) is 5.26 Å². The van der Waals surface area contributed by atoms with Crippen molar-refractivity contribution < 1.29 is 9.59 Å². The summed E-state index contributed by atoms with van der Waals surface area (Å²) >= 11 is 4.59. The molecular weight excluding hydrogens is 290 g/mol. The minimum atomic E-state index is -1.18. The zero-order valence-corrected chi connectivity index (χ0v) is 11.3. The van der Waals surface area contributed by atoms with Crippen molar-refractivity contribution in [1.82, 2.24) is 0 Å². The van der Waals surface area contributed by atoms with Gasteiger partial charge in [0.05, 0.1) is 9.86 Å². The zero-order chi connectivity index (χ0) is 12.3. The van der Waals surface area contributed by atoms with E-state index in [2.05, 4.69) is 15.9 Å². The topological polar surface area (TPSA) is 57.9 Å². The first-order valence-electron chi connectivity index (χ1n) is 4.69. The molecule has 5 heteroatoms. The van der Waals surface area contributed by atoms with Crippen LogP contribution in [0.1, 0.15) is 24.2 Å². The van der Waals surface area contributed by atoms with E-state index in [9.17, 15) is 9.59 Å². The highest BCUT2D eigenvalue weighted by molar-refractivity contribution is 9.11. The molecule has 0 spiro atoms. The van der Waals surface area contributed by atoms with E-state index in [0.29, 0.717) is 5.56 Å². The Labute approximate surface area is 106 Å². The van der Waals surface area contributed by atoms with Crippen LogP contribution in [0.25, 0.3) is 0 Å². The lowest BCUT2D eigenvalue weighted by Gasteiger charge is -2.08. The summed E-state index contributed by atoms with van der Waals surface area (Å²) in [7, 11) is 0. The van der Waals surface area contributed by atoms with Gasteiger partial charge in [0.15, 0.2) is 17.5 Å². The van der Waals surface area contributed by atoms with Gasteiger partial charge in [-0.25, -0.2) is 0 Å². The van der Waals surface area contributed by atoms with E-state index >= 15 is 0 Å². The molecule has 84 valence electrons. The summed E-state index contributed by atoms with van der Waals surface area (Å²) < 4.78 is 0.810. The van der Waals surface area contributed by atoms with Gasteiger partial charge in [0.1, 0.15) is 0 Å². The van der Waals surface area contributed by atoms with Gasteiger partial charge < -0.3 is 0 Å². The normalized spacial score (nSPS) is 12.2. The molecular formula is C11H10BrNO2S. The third-order valence-electron chi connectivity index (χ3n) is 2.10. The van der Waals surface area contributed by atoms with Gasteiger partial charge in [-0.3, -0.25) is 9.59 Å². The standard InChI is InChI=1S/C11H10BrNO2S/c1-6(2)10(14)8(4-13)11(15)7-3-9(12)16-5-7/h3,5-6,8H,1-2H3. The Bertz CT molecular complexity index is 459. The van der Waals surface area contributed by atoms with Crippen molar-refractivity contribution in [2.45, 2.75) is 13.8 Å². The highest BCUT2D eigenvalue weighted by atomic mass is 79.9. The number of thiophene rings is 1. The summed E-state index contributed by atoms with van der Waals surface area (Å²) in [6.07, 6.45) is 0. The summed E-state index contributed by atoms with van der Waals surface area (Å²) in [4.78, 5) is 23.5. The molecule has 0 saturated heterocycles. The Morgan fingerprint density at radius 1 is 1.50 bits per heavy atom. The van der Waals surface area contributed by atoms with Gasteiger partial charge in [0, 0.05) is 16.9 Å². The number of hydrogen-bond donors (Lipinski definition) is 0. The molecule has 16 heavy (non-hydrogen) atoms. The molecule has 0 aliphatic heterocycles. The monoisotopic (exact) mass is 299 g/mol. The quantitative estimate of drug-likeness (QED) is 0.634. The largest absolute Gasteiger partial charge is 0.297 e. The van der Waals surface area contributed by atoms with Gasteiger partial charge in [0.25, 0.3) is 0 Å². The van der Waals surface area contributed by atoms with Gasteiger partial charge in [-0.2, -0.15) is 5.26 Å².